The molecule has 0 aliphatic carbocycles. The summed E-state index contributed by atoms with van der Waals surface area (Å²) in [7, 11) is 3.46. The van der Waals surface area contributed by atoms with Crippen molar-refractivity contribution in [3.8, 4) is 0 Å². The predicted octanol–water partition coefficient (Wildman–Crippen LogP) is 2.07. The molecule has 0 saturated heterocycles. The van der Waals surface area contributed by atoms with Crippen LogP contribution in [-0.2, 0) is 11.3 Å². The lowest BCUT2D eigenvalue weighted by atomic mass is 10.1. The van der Waals surface area contributed by atoms with Crippen molar-refractivity contribution in [2.75, 3.05) is 27.3 Å². The number of rotatable bonds is 8. The van der Waals surface area contributed by atoms with E-state index in [0.717, 1.165) is 32.4 Å². The van der Waals surface area contributed by atoms with Crippen LogP contribution in [0.2, 0.25) is 0 Å². The molecule has 0 fully saturated rings. The Kier molecular flexibility index (Phi) is 7.15. The van der Waals surface area contributed by atoms with Crippen LogP contribution in [0.5, 0.6) is 0 Å². The van der Waals surface area contributed by atoms with Gasteiger partial charge >= 0.3 is 5.97 Å². The molecule has 0 heterocycles. The number of unbranched alkanes of at least 4 members (excludes halogenated alkanes) is 2. The van der Waals surface area contributed by atoms with Crippen LogP contribution in [0, 0.1) is 0 Å². The SMILES string of the molecule is COC(=O)c1ccc(CN(C)CCCCCO)cc1. The lowest BCUT2D eigenvalue weighted by Gasteiger charge is -2.16. The summed E-state index contributed by atoms with van der Waals surface area (Å²) in [5, 5.41) is 8.71. The second-order valence-electron chi connectivity index (χ2n) is 4.71. The van der Waals surface area contributed by atoms with Crippen molar-refractivity contribution in [3.05, 3.63) is 35.4 Å². The molecule has 0 radical (unpaired) electrons. The van der Waals surface area contributed by atoms with Crippen molar-refractivity contribution in [1.29, 1.82) is 0 Å². The standard InChI is InChI=1S/C15H23NO3/c1-16(10-4-3-5-11-17)12-13-6-8-14(9-7-13)15(18)19-2/h6-9,17H,3-5,10-12H2,1-2H3. The minimum atomic E-state index is -0.302. The highest BCUT2D eigenvalue weighted by Crippen LogP contribution is 2.08. The van der Waals surface area contributed by atoms with E-state index < -0.39 is 0 Å². The maximum absolute atomic E-state index is 11.3. The molecular weight excluding hydrogens is 242 g/mol. The van der Waals surface area contributed by atoms with Gasteiger partial charge in [0.2, 0.25) is 0 Å². The van der Waals surface area contributed by atoms with E-state index in [9.17, 15) is 4.79 Å². The molecule has 4 heteroatoms. The third-order valence-corrected chi connectivity index (χ3v) is 3.03. The van der Waals surface area contributed by atoms with Gasteiger partial charge in [0.1, 0.15) is 0 Å². The summed E-state index contributed by atoms with van der Waals surface area (Å²) in [6.45, 7) is 2.15. The van der Waals surface area contributed by atoms with Gasteiger partial charge in [-0.25, -0.2) is 4.79 Å². The molecule has 1 rings (SSSR count). The molecule has 0 aliphatic rings. The molecule has 0 bridgehead atoms. The normalized spacial score (nSPS) is 10.7. The highest BCUT2D eigenvalue weighted by molar-refractivity contribution is 5.89. The molecule has 0 aromatic heterocycles. The van der Waals surface area contributed by atoms with Crippen molar-refractivity contribution in [2.24, 2.45) is 0 Å². The zero-order chi connectivity index (χ0) is 14.1. The summed E-state index contributed by atoms with van der Waals surface area (Å²) in [4.78, 5) is 13.5. The van der Waals surface area contributed by atoms with Gasteiger partial charge in [-0.1, -0.05) is 12.1 Å². The maximum Gasteiger partial charge on any atom is 0.337 e. The Morgan fingerprint density at radius 1 is 1.21 bits per heavy atom. The van der Waals surface area contributed by atoms with Crippen LogP contribution >= 0.6 is 0 Å². The van der Waals surface area contributed by atoms with Gasteiger partial charge < -0.3 is 14.7 Å². The molecule has 19 heavy (non-hydrogen) atoms. The Morgan fingerprint density at radius 2 is 1.89 bits per heavy atom. The topological polar surface area (TPSA) is 49.8 Å². The first kappa shape index (κ1) is 15.7. The smallest absolute Gasteiger partial charge is 0.337 e. The summed E-state index contributed by atoms with van der Waals surface area (Å²) < 4.78 is 4.66. The van der Waals surface area contributed by atoms with Crippen LogP contribution in [0.1, 0.15) is 35.2 Å². The van der Waals surface area contributed by atoms with E-state index >= 15 is 0 Å². The van der Waals surface area contributed by atoms with E-state index in [1.54, 1.807) is 12.1 Å². The molecule has 106 valence electrons. The number of benzene rings is 1. The van der Waals surface area contributed by atoms with Crippen LogP contribution in [0.15, 0.2) is 24.3 Å². The summed E-state index contributed by atoms with van der Waals surface area (Å²) >= 11 is 0. The fraction of sp³-hybridized carbons (Fsp3) is 0.533. The predicted molar refractivity (Wildman–Crippen MR) is 75.1 cm³/mol. The maximum atomic E-state index is 11.3. The monoisotopic (exact) mass is 265 g/mol. The van der Waals surface area contributed by atoms with Crippen molar-refractivity contribution < 1.29 is 14.6 Å². The number of carbonyl (C=O) groups excluding carboxylic acids is 1. The number of carbonyl (C=O) groups is 1. The highest BCUT2D eigenvalue weighted by atomic mass is 16.5. The van der Waals surface area contributed by atoms with Crippen molar-refractivity contribution >= 4 is 5.97 Å². The third kappa shape index (κ3) is 5.85. The summed E-state index contributed by atoms with van der Waals surface area (Å²) in [6.07, 6.45) is 3.03. The minimum absolute atomic E-state index is 0.276. The Balaban J connectivity index is 2.38. The number of ether oxygens (including phenoxy) is 1. The Labute approximate surface area is 115 Å². The molecule has 0 atom stereocenters. The first-order valence-electron chi connectivity index (χ1n) is 6.64. The van der Waals surface area contributed by atoms with Gasteiger partial charge in [0, 0.05) is 13.2 Å². The Morgan fingerprint density at radius 3 is 2.47 bits per heavy atom. The summed E-state index contributed by atoms with van der Waals surface area (Å²) in [6, 6.07) is 7.49. The molecule has 4 nitrogen and oxygen atoms in total. The highest BCUT2D eigenvalue weighted by Gasteiger charge is 2.05. The zero-order valence-corrected chi connectivity index (χ0v) is 11.8. The molecular formula is C15H23NO3. The third-order valence-electron chi connectivity index (χ3n) is 3.03. The molecule has 0 aliphatic heterocycles. The van der Waals surface area contributed by atoms with Gasteiger partial charge in [0.05, 0.1) is 12.7 Å². The molecule has 0 spiro atoms. The first-order valence-corrected chi connectivity index (χ1v) is 6.64. The number of nitrogens with zero attached hydrogens (tertiary/aromatic N) is 1. The Hall–Kier alpha value is -1.39. The number of hydrogen-bond donors (Lipinski definition) is 1. The number of hydrogen-bond acceptors (Lipinski definition) is 4. The Bertz CT molecular complexity index is 375. The zero-order valence-electron chi connectivity index (χ0n) is 11.8. The van der Waals surface area contributed by atoms with Crippen LogP contribution in [0.3, 0.4) is 0 Å². The first-order chi connectivity index (χ1) is 9.17. The van der Waals surface area contributed by atoms with Gasteiger partial charge in [0.25, 0.3) is 0 Å². The number of methoxy groups -OCH3 is 1. The van der Waals surface area contributed by atoms with Crippen molar-refractivity contribution in [1.82, 2.24) is 4.90 Å². The largest absolute Gasteiger partial charge is 0.465 e. The van der Waals surface area contributed by atoms with E-state index in [4.69, 9.17) is 5.11 Å². The van der Waals surface area contributed by atoms with Crippen LogP contribution in [0.25, 0.3) is 0 Å². The molecule has 0 saturated carbocycles. The molecule has 1 aromatic carbocycles. The van der Waals surface area contributed by atoms with E-state index in [2.05, 4.69) is 16.7 Å². The van der Waals surface area contributed by atoms with Crippen LogP contribution < -0.4 is 0 Å². The lowest BCUT2D eigenvalue weighted by Crippen LogP contribution is -2.19. The second-order valence-corrected chi connectivity index (χ2v) is 4.71. The fourth-order valence-corrected chi connectivity index (χ4v) is 1.93. The van der Waals surface area contributed by atoms with Crippen molar-refractivity contribution in [2.45, 2.75) is 25.8 Å². The molecule has 0 unspecified atom stereocenters. The van der Waals surface area contributed by atoms with Gasteiger partial charge in [-0.3, -0.25) is 0 Å². The average molecular weight is 265 g/mol. The summed E-state index contributed by atoms with van der Waals surface area (Å²) in [5.41, 5.74) is 1.76. The van der Waals surface area contributed by atoms with Gasteiger partial charge in [-0.05, 0) is 50.6 Å². The number of aliphatic hydroxyl groups excluding tert-OH is 1. The van der Waals surface area contributed by atoms with E-state index in [0.29, 0.717) is 5.56 Å². The fourth-order valence-electron chi connectivity index (χ4n) is 1.93. The molecule has 1 aromatic rings. The van der Waals surface area contributed by atoms with Gasteiger partial charge in [-0.2, -0.15) is 0 Å². The van der Waals surface area contributed by atoms with E-state index in [1.807, 2.05) is 12.1 Å². The minimum Gasteiger partial charge on any atom is -0.465 e. The van der Waals surface area contributed by atoms with Crippen molar-refractivity contribution in [3.63, 3.8) is 0 Å². The van der Waals surface area contributed by atoms with Gasteiger partial charge in [0.15, 0.2) is 0 Å². The van der Waals surface area contributed by atoms with Gasteiger partial charge in [-0.15, -0.1) is 0 Å². The average Bonchev–Trinajstić information content (AvgIpc) is 2.43. The van der Waals surface area contributed by atoms with Crippen LogP contribution in [0.4, 0.5) is 0 Å². The number of aliphatic hydroxyl groups is 1. The van der Waals surface area contributed by atoms with E-state index in [-0.39, 0.29) is 12.6 Å². The number of esters is 1. The quantitative estimate of drug-likeness (QED) is 0.577. The lowest BCUT2D eigenvalue weighted by molar-refractivity contribution is 0.0600. The molecule has 1 N–H and O–H groups in total. The summed E-state index contributed by atoms with van der Waals surface area (Å²) in [5.74, 6) is -0.302. The van der Waals surface area contributed by atoms with Crippen LogP contribution in [-0.4, -0.2) is 43.3 Å². The van der Waals surface area contributed by atoms with E-state index in [1.165, 1.54) is 12.7 Å². The molecule has 0 amide bonds. The second kappa shape index (κ2) is 8.67.